The van der Waals surface area contributed by atoms with Gasteiger partial charge in [0.15, 0.2) is 5.82 Å². The number of aryl methyl sites for hydroxylation is 2. The first-order valence-corrected chi connectivity index (χ1v) is 7.09. The Kier molecular flexibility index (Phi) is 4.49. The van der Waals surface area contributed by atoms with Gasteiger partial charge in [0.05, 0.1) is 17.9 Å². The van der Waals surface area contributed by atoms with E-state index in [1.807, 2.05) is 25.1 Å². The van der Waals surface area contributed by atoms with Crippen molar-refractivity contribution < 1.29 is 9.53 Å². The van der Waals surface area contributed by atoms with E-state index in [-0.39, 0.29) is 5.97 Å². The van der Waals surface area contributed by atoms with E-state index in [2.05, 4.69) is 25.9 Å². The highest BCUT2D eigenvalue weighted by Gasteiger charge is 2.13. The van der Waals surface area contributed by atoms with Crippen molar-refractivity contribution in [3.05, 3.63) is 45.7 Å². The van der Waals surface area contributed by atoms with Crippen molar-refractivity contribution in [3.8, 4) is 11.4 Å². The molecule has 0 amide bonds. The fraction of sp³-hybridized carbons (Fsp3) is 0.267. The SMILES string of the molecule is CCOC(=O)c1cnc(-c2ccc(C)c(Br)c2)nc1C. The molecule has 20 heavy (non-hydrogen) atoms. The first-order valence-electron chi connectivity index (χ1n) is 6.30. The zero-order valence-corrected chi connectivity index (χ0v) is 13.2. The van der Waals surface area contributed by atoms with Crippen LogP contribution in [0, 0.1) is 13.8 Å². The Hall–Kier alpha value is -1.75. The second-order valence-electron chi connectivity index (χ2n) is 4.38. The minimum absolute atomic E-state index is 0.338. The lowest BCUT2D eigenvalue weighted by Crippen LogP contribution is -2.09. The van der Waals surface area contributed by atoms with Crippen molar-refractivity contribution in [3.63, 3.8) is 0 Å². The van der Waals surface area contributed by atoms with Gasteiger partial charge in [-0.25, -0.2) is 14.8 Å². The molecular formula is C15H15BrN2O2. The van der Waals surface area contributed by atoms with Crippen LogP contribution in [0.3, 0.4) is 0 Å². The number of aromatic nitrogens is 2. The molecule has 0 aliphatic heterocycles. The molecule has 0 N–H and O–H groups in total. The number of nitrogens with zero attached hydrogens (tertiary/aromatic N) is 2. The van der Waals surface area contributed by atoms with Gasteiger partial charge in [0, 0.05) is 16.2 Å². The van der Waals surface area contributed by atoms with E-state index in [1.165, 1.54) is 6.20 Å². The van der Waals surface area contributed by atoms with Gasteiger partial charge in [-0.1, -0.05) is 28.1 Å². The van der Waals surface area contributed by atoms with Gasteiger partial charge < -0.3 is 4.74 Å². The highest BCUT2D eigenvalue weighted by atomic mass is 79.9. The number of hydrogen-bond acceptors (Lipinski definition) is 4. The Balaban J connectivity index is 2.37. The Bertz CT molecular complexity index is 656. The van der Waals surface area contributed by atoms with Crippen LogP contribution < -0.4 is 0 Å². The molecule has 0 aliphatic rings. The molecule has 0 fully saturated rings. The van der Waals surface area contributed by atoms with E-state index < -0.39 is 0 Å². The maximum Gasteiger partial charge on any atom is 0.341 e. The van der Waals surface area contributed by atoms with Crippen LogP contribution in [0.5, 0.6) is 0 Å². The van der Waals surface area contributed by atoms with E-state index in [0.717, 1.165) is 15.6 Å². The summed E-state index contributed by atoms with van der Waals surface area (Å²) >= 11 is 3.49. The summed E-state index contributed by atoms with van der Waals surface area (Å²) < 4.78 is 5.97. The molecule has 0 radical (unpaired) electrons. The van der Waals surface area contributed by atoms with Gasteiger partial charge in [-0.05, 0) is 32.4 Å². The predicted molar refractivity (Wildman–Crippen MR) is 80.6 cm³/mol. The standard InChI is InChI=1S/C15H15BrN2O2/c1-4-20-15(19)12-8-17-14(18-10(12)3)11-6-5-9(2)13(16)7-11/h5-8H,4H2,1-3H3. The Morgan fingerprint density at radius 3 is 2.70 bits per heavy atom. The summed E-state index contributed by atoms with van der Waals surface area (Å²) in [4.78, 5) is 20.3. The van der Waals surface area contributed by atoms with Crippen LogP contribution in [0.4, 0.5) is 0 Å². The number of halogens is 1. The average Bonchev–Trinajstić information content (AvgIpc) is 2.42. The number of hydrogen-bond donors (Lipinski definition) is 0. The number of carbonyl (C=O) groups excluding carboxylic acids is 1. The lowest BCUT2D eigenvalue weighted by atomic mass is 10.1. The minimum Gasteiger partial charge on any atom is -0.462 e. The lowest BCUT2D eigenvalue weighted by molar-refractivity contribution is 0.0524. The molecule has 0 aliphatic carbocycles. The molecule has 2 rings (SSSR count). The van der Waals surface area contributed by atoms with Crippen LogP contribution in [0.2, 0.25) is 0 Å². The largest absolute Gasteiger partial charge is 0.462 e. The van der Waals surface area contributed by atoms with Crippen LogP contribution in [-0.2, 0) is 4.74 Å². The topological polar surface area (TPSA) is 52.1 Å². The van der Waals surface area contributed by atoms with Gasteiger partial charge in [0.25, 0.3) is 0 Å². The van der Waals surface area contributed by atoms with Gasteiger partial charge >= 0.3 is 5.97 Å². The molecular weight excluding hydrogens is 320 g/mol. The first kappa shape index (κ1) is 14.7. The summed E-state index contributed by atoms with van der Waals surface area (Å²) in [7, 11) is 0. The monoisotopic (exact) mass is 334 g/mol. The Labute approximate surface area is 126 Å². The first-order chi connectivity index (χ1) is 9.52. The van der Waals surface area contributed by atoms with Crippen LogP contribution in [0.25, 0.3) is 11.4 Å². The minimum atomic E-state index is -0.387. The van der Waals surface area contributed by atoms with Crippen molar-refractivity contribution in [2.75, 3.05) is 6.61 Å². The summed E-state index contributed by atoms with van der Waals surface area (Å²) in [5, 5.41) is 0. The van der Waals surface area contributed by atoms with Gasteiger partial charge in [-0.3, -0.25) is 0 Å². The van der Waals surface area contributed by atoms with E-state index in [4.69, 9.17) is 4.74 Å². The van der Waals surface area contributed by atoms with E-state index in [9.17, 15) is 4.79 Å². The maximum absolute atomic E-state index is 11.7. The third-order valence-corrected chi connectivity index (χ3v) is 3.76. The van der Waals surface area contributed by atoms with Crippen molar-refractivity contribution in [2.45, 2.75) is 20.8 Å². The van der Waals surface area contributed by atoms with E-state index in [1.54, 1.807) is 13.8 Å². The van der Waals surface area contributed by atoms with Crippen molar-refractivity contribution in [1.82, 2.24) is 9.97 Å². The smallest absolute Gasteiger partial charge is 0.341 e. The molecule has 0 saturated carbocycles. The molecule has 0 saturated heterocycles. The van der Waals surface area contributed by atoms with Crippen LogP contribution in [0.1, 0.15) is 28.5 Å². The van der Waals surface area contributed by atoms with E-state index >= 15 is 0 Å². The zero-order chi connectivity index (χ0) is 14.7. The summed E-state index contributed by atoms with van der Waals surface area (Å²) in [6.45, 7) is 5.90. The highest BCUT2D eigenvalue weighted by molar-refractivity contribution is 9.10. The molecule has 0 bridgehead atoms. The summed E-state index contributed by atoms with van der Waals surface area (Å²) in [6, 6.07) is 5.92. The molecule has 104 valence electrons. The molecule has 1 heterocycles. The molecule has 1 aromatic heterocycles. The van der Waals surface area contributed by atoms with Gasteiger partial charge in [-0.2, -0.15) is 0 Å². The number of esters is 1. The fourth-order valence-electron chi connectivity index (χ4n) is 1.75. The lowest BCUT2D eigenvalue weighted by Gasteiger charge is -2.07. The van der Waals surface area contributed by atoms with Gasteiger partial charge in [-0.15, -0.1) is 0 Å². The van der Waals surface area contributed by atoms with Crippen molar-refractivity contribution in [2.24, 2.45) is 0 Å². The Morgan fingerprint density at radius 2 is 2.10 bits per heavy atom. The third kappa shape index (κ3) is 3.04. The van der Waals surface area contributed by atoms with E-state index in [0.29, 0.717) is 23.7 Å². The van der Waals surface area contributed by atoms with Gasteiger partial charge in [0.1, 0.15) is 0 Å². The number of benzene rings is 1. The van der Waals surface area contributed by atoms with Gasteiger partial charge in [0.2, 0.25) is 0 Å². The highest BCUT2D eigenvalue weighted by Crippen LogP contribution is 2.23. The molecule has 0 spiro atoms. The van der Waals surface area contributed by atoms with Crippen LogP contribution in [0.15, 0.2) is 28.9 Å². The predicted octanol–water partition coefficient (Wildman–Crippen LogP) is 3.70. The number of carbonyl (C=O) groups is 1. The maximum atomic E-state index is 11.7. The molecule has 2 aromatic rings. The van der Waals surface area contributed by atoms with Crippen LogP contribution in [-0.4, -0.2) is 22.5 Å². The second-order valence-corrected chi connectivity index (χ2v) is 5.23. The van der Waals surface area contributed by atoms with Crippen molar-refractivity contribution >= 4 is 21.9 Å². The third-order valence-electron chi connectivity index (χ3n) is 2.90. The Morgan fingerprint density at radius 1 is 1.35 bits per heavy atom. The molecule has 5 heteroatoms. The molecule has 1 aromatic carbocycles. The van der Waals surface area contributed by atoms with Crippen molar-refractivity contribution in [1.29, 1.82) is 0 Å². The summed E-state index contributed by atoms with van der Waals surface area (Å²) in [5.41, 5.74) is 3.07. The fourth-order valence-corrected chi connectivity index (χ4v) is 2.13. The summed E-state index contributed by atoms with van der Waals surface area (Å²) in [6.07, 6.45) is 1.52. The average molecular weight is 335 g/mol. The second kappa shape index (κ2) is 6.13. The molecule has 0 atom stereocenters. The number of ether oxygens (including phenoxy) is 1. The quantitative estimate of drug-likeness (QED) is 0.803. The molecule has 4 nitrogen and oxygen atoms in total. The van der Waals surface area contributed by atoms with Crippen LogP contribution >= 0.6 is 15.9 Å². The normalized spacial score (nSPS) is 10.4. The zero-order valence-electron chi connectivity index (χ0n) is 11.6. The molecule has 0 unspecified atom stereocenters. The summed E-state index contributed by atoms with van der Waals surface area (Å²) in [5.74, 6) is 0.206. The number of rotatable bonds is 3.